The van der Waals surface area contributed by atoms with Gasteiger partial charge in [-0.15, -0.1) is 11.3 Å². The van der Waals surface area contributed by atoms with E-state index in [0.29, 0.717) is 36.1 Å². The lowest BCUT2D eigenvalue weighted by Crippen LogP contribution is -2.48. The number of phenols is 1. The van der Waals surface area contributed by atoms with Crippen molar-refractivity contribution in [3.63, 3.8) is 0 Å². The highest BCUT2D eigenvalue weighted by Gasteiger charge is 2.26. The highest BCUT2D eigenvalue weighted by Crippen LogP contribution is 2.32. The van der Waals surface area contributed by atoms with E-state index in [4.69, 9.17) is 11.6 Å². The molecule has 8 heteroatoms. The minimum absolute atomic E-state index is 0.0372. The summed E-state index contributed by atoms with van der Waals surface area (Å²) in [5.74, 6) is 0.308. The van der Waals surface area contributed by atoms with Crippen molar-refractivity contribution in [1.82, 2.24) is 14.7 Å². The SMILES string of the molecule is Cc1nn(-c2cccc(Cl)c2)c2sc(C(=O)N3CCN(c4ccccc4O)CC3)cc12. The van der Waals surface area contributed by atoms with Gasteiger partial charge in [-0.1, -0.05) is 29.8 Å². The fraction of sp³-hybridized carbons (Fsp3) is 0.217. The Kier molecular flexibility index (Phi) is 5.08. The number of amides is 1. The van der Waals surface area contributed by atoms with E-state index in [9.17, 15) is 9.90 Å². The normalized spacial score (nSPS) is 14.4. The van der Waals surface area contributed by atoms with Crippen LogP contribution in [0.2, 0.25) is 5.02 Å². The molecule has 1 amide bonds. The van der Waals surface area contributed by atoms with Crippen LogP contribution in [-0.2, 0) is 0 Å². The molecule has 4 aromatic rings. The molecule has 1 aliphatic heterocycles. The molecule has 0 saturated carbocycles. The molecule has 0 spiro atoms. The Balaban J connectivity index is 1.37. The number of aromatic nitrogens is 2. The zero-order chi connectivity index (χ0) is 21.5. The van der Waals surface area contributed by atoms with E-state index < -0.39 is 0 Å². The molecule has 1 N–H and O–H groups in total. The highest BCUT2D eigenvalue weighted by atomic mass is 35.5. The number of phenolic OH excluding ortho intramolecular Hbond substituents is 1. The third-order valence-corrected chi connectivity index (χ3v) is 6.93. The third kappa shape index (κ3) is 3.64. The van der Waals surface area contributed by atoms with Gasteiger partial charge in [-0.25, -0.2) is 4.68 Å². The summed E-state index contributed by atoms with van der Waals surface area (Å²) in [5.41, 5.74) is 2.58. The molecule has 2 aromatic heterocycles. The Morgan fingerprint density at radius 3 is 2.58 bits per heavy atom. The number of fused-ring (bicyclic) bond motifs is 1. The first kappa shape index (κ1) is 19.9. The maximum absolute atomic E-state index is 13.2. The molecule has 1 aliphatic rings. The summed E-state index contributed by atoms with van der Waals surface area (Å²) in [6.07, 6.45) is 0. The number of anilines is 1. The summed E-state index contributed by atoms with van der Waals surface area (Å²) >= 11 is 7.62. The molecule has 6 nitrogen and oxygen atoms in total. The Morgan fingerprint density at radius 2 is 1.84 bits per heavy atom. The second kappa shape index (κ2) is 7.90. The van der Waals surface area contributed by atoms with Crippen LogP contribution in [0, 0.1) is 6.92 Å². The van der Waals surface area contributed by atoms with Gasteiger partial charge >= 0.3 is 0 Å². The molecule has 0 bridgehead atoms. The zero-order valence-electron chi connectivity index (χ0n) is 17.0. The quantitative estimate of drug-likeness (QED) is 0.488. The van der Waals surface area contributed by atoms with Crippen molar-refractivity contribution in [1.29, 1.82) is 0 Å². The van der Waals surface area contributed by atoms with Gasteiger partial charge in [0.05, 0.1) is 21.9 Å². The van der Waals surface area contributed by atoms with Gasteiger partial charge in [-0.3, -0.25) is 4.79 Å². The van der Waals surface area contributed by atoms with E-state index in [0.717, 1.165) is 27.3 Å². The molecule has 0 aliphatic carbocycles. The fourth-order valence-electron chi connectivity index (χ4n) is 3.97. The predicted molar refractivity (Wildman–Crippen MR) is 125 cm³/mol. The van der Waals surface area contributed by atoms with Crippen molar-refractivity contribution in [3.05, 3.63) is 70.2 Å². The summed E-state index contributed by atoms with van der Waals surface area (Å²) in [6.45, 7) is 4.55. The van der Waals surface area contributed by atoms with E-state index in [1.165, 1.54) is 11.3 Å². The smallest absolute Gasteiger partial charge is 0.264 e. The van der Waals surface area contributed by atoms with Gasteiger partial charge in [-0.2, -0.15) is 5.10 Å². The molecule has 0 atom stereocenters. The van der Waals surface area contributed by atoms with Crippen molar-refractivity contribution < 1.29 is 9.90 Å². The van der Waals surface area contributed by atoms with E-state index in [-0.39, 0.29) is 11.7 Å². The number of piperazine rings is 1. The summed E-state index contributed by atoms with van der Waals surface area (Å²) in [7, 11) is 0. The molecule has 1 saturated heterocycles. The molecule has 0 radical (unpaired) electrons. The maximum atomic E-state index is 13.2. The summed E-state index contributed by atoms with van der Waals surface area (Å²) in [4.78, 5) is 18.9. The lowest BCUT2D eigenvalue weighted by molar-refractivity contribution is 0.0751. The van der Waals surface area contributed by atoms with Gasteiger partial charge in [0, 0.05) is 36.6 Å². The van der Waals surface area contributed by atoms with E-state index in [1.807, 2.05) is 65.0 Å². The number of benzene rings is 2. The standard InChI is InChI=1S/C23H21ClN4O2S/c1-15-18-14-21(31-23(18)28(25-15)17-6-4-5-16(24)13-17)22(30)27-11-9-26(10-12-27)19-7-2-3-8-20(19)29/h2-8,13-14,29H,9-12H2,1H3. The summed E-state index contributed by atoms with van der Waals surface area (Å²) in [5, 5.41) is 16.4. The van der Waals surface area contributed by atoms with Crippen molar-refractivity contribution in [3.8, 4) is 11.4 Å². The first-order chi connectivity index (χ1) is 15.0. The molecule has 1 fully saturated rings. The second-order valence-corrected chi connectivity index (χ2v) is 9.04. The number of nitrogens with zero attached hydrogens (tertiary/aromatic N) is 4. The van der Waals surface area contributed by atoms with Crippen LogP contribution in [-0.4, -0.2) is 51.9 Å². The Labute approximate surface area is 188 Å². The fourth-order valence-corrected chi connectivity index (χ4v) is 5.31. The number of halogens is 1. The van der Waals surface area contributed by atoms with E-state index >= 15 is 0 Å². The maximum Gasteiger partial charge on any atom is 0.264 e. The first-order valence-corrected chi connectivity index (χ1v) is 11.3. The minimum atomic E-state index is 0.0372. The van der Waals surface area contributed by atoms with Gasteiger partial charge in [0.2, 0.25) is 0 Å². The number of thiophene rings is 1. The minimum Gasteiger partial charge on any atom is -0.506 e. The van der Waals surface area contributed by atoms with Crippen molar-refractivity contribution in [2.24, 2.45) is 0 Å². The monoisotopic (exact) mass is 452 g/mol. The van der Waals surface area contributed by atoms with Crippen molar-refractivity contribution in [2.45, 2.75) is 6.92 Å². The van der Waals surface area contributed by atoms with Gasteiger partial charge in [-0.05, 0) is 43.3 Å². The highest BCUT2D eigenvalue weighted by molar-refractivity contribution is 7.20. The number of aromatic hydroxyl groups is 1. The van der Waals surface area contributed by atoms with E-state index in [1.54, 1.807) is 6.07 Å². The van der Waals surface area contributed by atoms with Crippen molar-refractivity contribution >= 4 is 44.7 Å². The van der Waals surface area contributed by atoms with Gasteiger partial charge in [0.25, 0.3) is 5.91 Å². The lowest BCUT2D eigenvalue weighted by Gasteiger charge is -2.36. The first-order valence-electron chi connectivity index (χ1n) is 10.1. The molecule has 158 valence electrons. The van der Waals surface area contributed by atoms with Gasteiger partial charge in [0.1, 0.15) is 10.6 Å². The van der Waals surface area contributed by atoms with Crippen LogP contribution < -0.4 is 4.90 Å². The van der Waals surface area contributed by atoms with Crippen LogP contribution in [0.3, 0.4) is 0 Å². The van der Waals surface area contributed by atoms with Crippen LogP contribution in [0.1, 0.15) is 15.4 Å². The number of rotatable bonds is 3. The number of para-hydroxylation sites is 2. The average molecular weight is 453 g/mol. The van der Waals surface area contributed by atoms with Crippen LogP contribution in [0.15, 0.2) is 54.6 Å². The topological polar surface area (TPSA) is 61.6 Å². The Morgan fingerprint density at radius 1 is 1.06 bits per heavy atom. The lowest BCUT2D eigenvalue weighted by atomic mass is 10.2. The molecule has 5 rings (SSSR count). The summed E-state index contributed by atoms with van der Waals surface area (Å²) < 4.78 is 1.86. The molecular weight excluding hydrogens is 432 g/mol. The van der Waals surface area contributed by atoms with Gasteiger partial charge < -0.3 is 14.9 Å². The number of hydrogen-bond donors (Lipinski definition) is 1. The largest absolute Gasteiger partial charge is 0.506 e. The number of carbonyl (C=O) groups excluding carboxylic acids is 1. The van der Waals surface area contributed by atoms with Gasteiger partial charge in [0.15, 0.2) is 0 Å². The second-order valence-electron chi connectivity index (χ2n) is 7.57. The van der Waals surface area contributed by atoms with E-state index in [2.05, 4.69) is 10.00 Å². The molecule has 31 heavy (non-hydrogen) atoms. The number of aryl methyl sites for hydroxylation is 1. The molecule has 3 heterocycles. The van der Waals surface area contributed by atoms with Crippen LogP contribution in [0.25, 0.3) is 15.9 Å². The number of carbonyl (C=O) groups is 1. The van der Waals surface area contributed by atoms with Crippen molar-refractivity contribution in [2.75, 3.05) is 31.1 Å². The molecule has 2 aromatic carbocycles. The summed E-state index contributed by atoms with van der Waals surface area (Å²) in [6, 6.07) is 16.8. The predicted octanol–water partition coefficient (Wildman–Crippen LogP) is 4.72. The van der Waals surface area contributed by atoms with Crippen LogP contribution in [0.5, 0.6) is 5.75 Å². The third-order valence-electron chi connectivity index (χ3n) is 5.60. The molecule has 0 unspecified atom stereocenters. The zero-order valence-corrected chi connectivity index (χ0v) is 18.5. The molecular formula is C23H21ClN4O2S. The average Bonchev–Trinajstić information content (AvgIpc) is 3.34. The van der Waals surface area contributed by atoms with Crippen LogP contribution >= 0.6 is 22.9 Å². The number of hydrogen-bond acceptors (Lipinski definition) is 5. The van der Waals surface area contributed by atoms with Crippen LogP contribution in [0.4, 0.5) is 5.69 Å². The Bertz CT molecular complexity index is 1270. The Hall–Kier alpha value is -3.03.